The molecule has 0 aliphatic rings. The number of fused-ring (bicyclic) bond motifs is 1. The summed E-state index contributed by atoms with van der Waals surface area (Å²) in [7, 11) is 0. The summed E-state index contributed by atoms with van der Waals surface area (Å²) in [4.78, 5) is 22.5. The summed E-state index contributed by atoms with van der Waals surface area (Å²) in [5.74, 6) is -3.28. The lowest BCUT2D eigenvalue weighted by Crippen LogP contribution is -2.00. The van der Waals surface area contributed by atoms with Crippen LogP contribution in [-0.2, 0) is 0 Å². The molecular weight excluding hydrogens is 516 g/mol. The molecule has 4 N–H and O–H groups in total. The maximum absolute atomic E-state index is 11.2. The average molecular weight is 534 g/mol. The molecule has 2 heterocycles. The molecular formula is C28H18N6O6. The molecule has 0 fully saturated rings. The fourth-order valence-corrected chi connectivity index (χ4v) is 4.38. The molecule has 0 radical (unpaired) electrons. The van der Waals surface area contributed by atoms with Crippen LogP contribution in [0.2, 0.25) is 0 Å². The van der Waals surface area contributed by atoms with E-state index in [1.165, 1.54) is 45.8 Å². The number of hydrogen-bond acceptors (Lipinski definition) is 8. The molecule has 12 nitrogen and oxygen atoms in total. The molecule has 0 atom stereocenters. The molecule has 0 saturated carbocycles. The standard InChI is InChI=1S/C28H18N6O6/c35-25-11-17(5-7-19(25)27(37)38)33-13-23(29-31-33)21-9-15-3-1-2-4-16(15)10-22(21)24-14-34(32-30-24)18-6-8-20(28(39)40)26(36)12-18/h1-14,35-36H,(H,37,38)(H,39,40). The van der Waals surface area contributed by atoms with Crippen LogP contribution in [0, 0.1) is 0 Å². The Balaban J connectivity index is 1.44. The highest BCUT2D eigenvalue weighted by molar-refractivity contribution is 5.95. The molecule has 6 aromatic rings. The van der Waals surface area contributed by atoms with E-state index in [2.05, 4.69) is 20.6 Å². The van der Waals surface area contributed by atoms with Crippen LogP contribution in [0.25, 0.3) is 44.7 Å². The Morgan fingerprint density at radius 3 is 1.40 bits per heavy atom. The van der Waals surface area contributed by atoms with Crippen LogP contribution in [0.3, 0.4) is 0 Å². The summed E-state index contributed by atoms with van der Waals surface area (Å²) < 4.78 is 2.84. The van der Waals surface area contributed by atoms with Gasteiger partial charge in [-0.2, -0.15) is 0 Å². The average Bonchev–Trinajstić information content (AvgIpc) is 3.62. The third-order valence-corrected chi connectivity index (χ3v) is 6.38. The van der Waals surface area contributed by atoms with Gasteiger partial charge in [-0.1, -0.05) is 34.7 Å². The van der Waals surface area contributed by atoms with E-state index >= 15 is 0 Å². The third kappa shape index (κ3) is 4.24. The van der Waals surface area contributed by atoms with Crippen LogP contribution in [-0.4, -0.2) is 62.4 Å². The van der Waals surface area contributed by atoms with Crippen LogP contribution in [0.5, 0.6) is 11.5 Å². The predicted molar refractivity (Wildman–Crippen MR) is 142 cm³/mol. The summed E-state index contributed by atoms with van der Waals surface area (Å²) in [6.45, 7) is 0. The first-order valence-corrected chi connectivity index (χ1v) is 11.8. The number of nitrogens with zero attached hydrogens (tertiary/aromatic N) is 6. The summed E-state index contributed by atoms with van der Waals surface area (Å²) in [5.41, 5.74) is 2.73. The number of aromatic carboxylic acids is 2. The first-order chi connectivity index (χ1) is 19.3. The molecule has 0 aliphatic carbocycles. The van der Waals surface area contributed by atoms with E-state index in [4.69, 9.17) is 0 Å². The normalized spacial score (nSPS) is 11.1. The smallest absolute Gasteiger partial charge is 0.339 e. The van der Waals surface area contributed by atoms with Gasteiger partial charge in [0.2, 0.25) is 0 Å². The highest BCUT2D eigenvalue weighted by Crippen LogP contribution is 2.35. The molecule has 6 rings (SSSR count). The summed E-state index contributed by atoms with van der Waals surface area (Å²) in [6.07, 6.45) is 3.30. The Bertz CT molecular complexity index is 1820. The lowest BCUT2D eigenvalue weighted by molar-refractivity contribution is 0.0682. The van der Waals surface area contributed by atoms with Crippen molar-refractivity contribution in [3.8, 4) is 45.4 Å². The van der Waals surface area contributed by atoms with Gasteiger partial charge in [0, 0.05) is 23.3 Å². The zero-order valence-corrected chi connectivity index (χ0v) is 20.4. The molecule has 40 heavy (non-hydrogen) atoms. The molecule has 0 amide bonds. The van der Waals surface area contributed by atoms with Crippen molar-refractivity contribution in [1.29, 1.82) is 0 Å². The van der Waals surface area contributed by atoms with Gasteiger partial charge in [-0.15, -0.1) is 10.2 Å². The SMILES string of the molecule is O=C(O)c1ccc(-n2cc(-c3cc4ccccc4cc3-c3cn(-c4ccc(C(=O)O)c(O)c4)nn3)nn2)cc1O. The molecule has 0 spiro atoms. The molecule has 12 heteroatoms. The third-order valence-electron chi connectivity index (χ3n) is 6.38. The fraction of sp³-hybridized carbons (Fsp3) is 0. The number of phenols is 2. The minimum absolute atomic E-state index is 0.227. The van der Waals surface area contributed by atoms with Gasteiger partial charge in [-0.05, 0) is 47.2 Å². The van der Waals surface area contributed by atoms with Crippen molar-refractivity contribution >= 4 is 22.7 Å². The number of carbonyl (C=O) groups is 2. The molecule has 4 aromatic carbocycles. The van der Waals surface area contributed by atoms with Gasteiger partial charge in [0.15, 0.2) is 0 Å². The Morgan fingerprint density at radius 1 is 0.600 bits per heavy atom. The van der Waals surface area contributed by atoms with E-state index < -0.39 is 23.4 Å². The predicted octanol–water partition coefficient (Wildman–Crippen LogP) is 4.14. The second kappa shape index (κ2) is 9.36. The number of benzene rings is 4. The molecule has 0 aliphatic heterocycles. The van der Waals surface area contributed by atoms with Gasteiger partial charge in [0.1, 0.15) is 34.0 Å². The second-order valence-electron chi connectivity index (χ2n) is 8.85. The minimum Gasteiger partial charge on any atom is -0.507 e. The zero-order chi connectivity index (χ0) is 28.0. The first kappa shape index (κ1) is 24.3. The van der Waals surface area contributed by atoms with E-state index in [0.29, 0.717) is 33.9 Å². The van der Waals surface area contributed by atoms with E-state index in [1.54, 1.807) is 12.4 Å². The maximum atomic E-state index is 11.2. The molecule has 196 valence electrons. The minimum atomic E-state index is -1.25. The summed E-state index contributed by atoms with van der Waals surface area (Å²) in [5, 5.41) is 57.4. The van der Waals surface area contributed by atoms with Crippen molar-refractivity contribution in [2.45, 2.75) is 0 Å². The Kier molecular flexibility index (Phi) is 5.69. The van der Waals surface area contributed by atoms with Crippen molar-refractivity contribution in [1.82, 2.24) is 30.0 Å². The lowest BCUT2D eigenvalue weighted by atomic mass is 9.97. The maximum Gasteiger partial charge on any atom is 0.339 e. The van der Waals surface area contributed by atoms with Crippen molar-refractivity contribution in [3.63, 3.8) is 0 Å². The van der Waals surface area contributed by atoms with Gasteiger partial charge in [-0.25, -0.2) is 19.0 Å². The topological polar surface area (TPSA) is 176 Å². The number of carboxylic acid groups (broad SMARTS) is 2. The zero-order valence-electron chi connectivity index (χ0n) is 20.4. The number of aromatic nitrogens is 6. The van der Waals surface area contributed by atoms with Crippen molar-refractivity contribution in [2.75, 3.05) is 0 Å². The molecule has 0 bridgehead atoms. The highest BCUT2D eigenvalue weighted by atomic mass is 16.4. The van der Waals surface area contributed by atoms with Crippen molar-refractivity contribution < 1.29 is 30.0 Å². The molecule has 0 unspecified atom stereocenters. The number of rotatable bonds is 6. The summed E-state index contributed by atoms with van der Waals surface area (Å²) >= 11 is 0. The van der Waals surface area contributed by atoms with E-state index in [-0.39, 0.29) is 11.1 Å². The van der Waals surface area contributed by atoms with Crippen LogP contribution < -0.4 is 0 Å². The van der Waals surface area contributed by atoms with Gasteiger partial charge < -0.3 is 20.4 Å². The number of carboxylic acids is 2. The van der Waals surface area contributed by atoms with Crippen molar-refractivity contribution in [2.24, 2.45) is 0 Å². The number of aromatic hydroxyl groups is 2. The largest absolute Gasteiger partial charge is 0.507 e. The molecule has 2 aromatic heterocycles. The van der Waals surface area contributed by atoms with Crippen molar-refractivity contribution in [3.05, 3.63) is 96.3 Å². The van der Waals surface area contributed by atoms with E-state index in [1.807, 2.05) is 36.4 Å². The summed E-state index contributed by atoms with van der Waals surface area (Å²) in [6, 6.07) is 19.8. The van der Waals surface area contributed by atoms with E-state index in [9.17, 15) is 30.0 Å². The number of hydrogen-bond donors (Lipinski definition) is 4. The van der Waals surface area contributed by atoms with Crippen LogP contribution in [0.1, 0.15) is 20.7 Å². The monoisotopic (exact) mass is 534 g/mol. The van der Waals surface area contributed by atoms with Crippen LogP contribution in [0.15, 0.2) is 85.2 Å². The Morgan fingerprint density at radius 2 is 1.02 bits per heavy atom. The van der Waals surface area contributed by atoms with Crippen LogP contribution in [0.4, 0.5) is 0 Å². The second-order valence-corrected chi connectivity index (χ2v) is 8.85. The van der Waals surface area contributed by atoms with E-state index in [0.717, 1.165) is 10.8 Å². The lowest BCUT2D eigenvalue weighted by Gasteiger charge is -2.08. The quantitative estimate of drug-likeness (QED) is 0.243. The highest BCUT2D eigenvalue weighted by Gasteiger charge is 2.18. The fourth-order valence-electron chi connectivity index (χ4n) is 4.38. The Hall–Kier alpha value is -6.04. The molecule has 0 saturated heterocycles. The Labute approximate surface area is 224 Å². The van der Waals surface area contributed by atoms with Gasteiger partial charge in [0.05, 0.1) is 23.8 Å². The first-order valence-electron chi connectivity index (χ1n) is 11.8. The van der Waals surface area contributed by atoms with Gasteiger partial charge >= 0.3 is 11.9 Å². The van der Waals surface area contributed by atoms with Crippen LogP contribution >= 0.6 is 0 Å². The van der Waals surface area contributed by atoms with Gasteiger partial charge in [0.25, 0.3) is 0 Å². The van der Waals surface area contributed by atoms with Gasteiger partial charge in [-0.3, -0.25) is 0 Å².